The van der Waals surface area contributed by atoms with Gasteiger partial charge in [-0.1, -0.05) is 19.9 Å². The number of thiophene rings is 1. The molecule has 0 aliphatic rings. The van der Waals surface area contributed by atoms with Crippen LogP contribution in [0.5, 0.6) is 0 Å². The van der Waals surface area contributed by atoms with E-state index in [2.05, 4.69) is 20.7 Å². The van der Waals surface area contributed by atoms with Crippen molar-refractivity contribution < 1.29 is 4.79 Å². The SMILES string of the molecule is C/C(=N\NC(=O)c1cc(C(C)C)[nH]n1)c1cccs1. The summed E-state index contributed by atoms with van der Waals surface area (Å²) in [6.45, 7) is 5.93. The molecule has 0 aliphatic heterocycles. The van der Waals surface area contributed by atoms with Gasteiger partial charge in [0.05, 0.1) is 5.71 Å². The maximum atomic E-state index is 11.9. The predicted octanol–water partition coefficient (Wildman–Crippen LogP) is 2.75. The molecule has 6 heteroatoms. The van der Waals surface area contributed by atoms with Crippen LogP contribution in [0.2, 0.25) is 0 Å². The highest BCUT2D eigenvalue weighted by Gasteiger charge is 2.11. The van der Waals surface area contributed by atoms with Crippen molar-refractivity contribution in [3.8, 4) is 0 Å². The van der Waals surface area contributed by atoms with Gasteiger partial charge < -0.3 is 0 Å². The lowest BCUT2D eigenvalue weighted by Gasteiger charge is -1.98. The van der Waals surface area contributed by atoms with E-state index in [1.54, 1.807) is 17.4 Å². The Morgan fingerprint density at radius 2 is 2.32 bits per heavy atom. The second-order valence-corrected chi connectivity index (χ2v) is 5.43. The molecule has 0 spiro atoms. The number of nitrogens with one attached hydrogen (secondary N) is 2. The molecule has 0 saturated heterocycles. The van der Waals surface area contributed by atoms with E-state index in [1.165, 1.54) is 0 Å². The summed E-state index contributed by atoms with van der Waals surface area (Å²) in [4.78, 5) is 12.9. The summed E-state index contributed by atoms with van der Waals surface area (Å²) in [7, 11) is 0. The van der Waals surface area contributed by atoms with Crippen LogP contribution in [-0.2, 0) is 0 Å². The average molecular weight is 276 g/mol. The molecule has 5 nitrogen and oxygen atoms in total. The van der Waals surface area contributed by atoms with Crippen LogP contribution in [-0.4, -0.2) is 21.8 Å². The minimum Gasteiger partial charge on any atom is -0.282 e. The van der Waals surface area contributed by atoms with Gasteiger partial charge in [-0.2, -0.15) is 10.2 Å². The molecule has 19 heavy (non-hydrogen) atoms. The Balaban J connectivity index is 2.03. The maximum Gasteiger partial charge on any atom is 0.291 e. The van der Waals surface area contributed by atoms with Gasteiger partial charge >= 0.3 is 0 Å². The molecule has 0 fully saturated rings. The van der Waals surface area contributed by atoms with E-state index in [0.29, 0.717) is 11.6 Å². The van der Waals surface area contributed by atoms with Crippen molar-refractivity contribution in [1.29, 1.82) is 0 Å². The van der Waals surface area contributed by atoms with Gasteiger partial charge in [0, 0.05) is 10.6 Å². The minimum atomic E-state index is -0.306. The van der Waals surface area contributed by atoms with Gasteiger partial charge in [-0.05, 0) is 30.4 Å². The summed E-state index contributed by atoms with van der Waals surface area (Å²) < 4.78 is 0. The Kier molecular flexibility index (Phi) is 4.11. The lowest BCUT2D eigenvalue weighted by atomic mass is 10.1. The Hall–Kier alpha value is -1.95. The third kappa shape index (κ3) is 3.29. The van der Waals surface area contributed by atoms with Gasteiger partial charge in [0.1, 0.15) is 0 Å². The number of aromatic amines is 1. The maximum absolute atomic E-state index is 11.9. The van der Waals surface area contributed by atoms with Crippen LogP contribution >= 0.6 is 11.3 Å². The number of hydrazone groups is 1. The number of H-pyrrole nitrogens is 1. The Labute approximate surface area is 115 Å². The molecular weight excluding hydrogens is 260 g/mol. The van der Waals surface area contributed by atoms with Crippen molar-refractivity contribution in [2.45, 2.75) is 26.7 Å². The molecule has 0 radical (unpaired) electrons. The van der Waals surface area contributed by atoms with Crippen LogP contribution < -0.4 is 5.43 Å². The first-order valence-corrected chi connectivity index (χ1v) is 6.89. The fraction of sp³-hybridized carbons (Fsp3) is 0.308. The number of hydrogen-bond donors (Lipinski definition) is 2. The van der Waals surface area contributed by atoms with Crippen molar-refractivity contribution >= 4 is 23.0 Å². The van der Waals surface area contributed by atoms with Crippen molar-refractivity contribution in [2.24, 2.45) is 5.10 Å². The predicted molar refractivity (Wildman–Crippen MR) is 76.7 cm³/mol. The zero-order valence-corrected chi connectivity index (χ0v) is 11.9. The van der Waals surface area contributed by atoms with Crippen molar-refractivity contribution in [2.75, 3.05) is 0 Å². The Bertz CT molecular complexity index is 584. The molecule has 2 aromatic rings. The number of carbonyl (C=O) groups excluding carboxylic acids is 1. The second kappa shape index (κ2) is 5.79. The number of aromatic nitrogens is 2. The summed E-state index contributed by atoms with van der Waals surface area (Å²) in [6, 6.07) is 5.65. The number of amides is 1. The minimum absolute atomic E-state index is 0.306. The van der Waals surface area contributed by atoms with Crippen molar-refractivity contribution in [1.82, 2.24) is 15.6 Å². The molecule has 1 amide bonds. The highest BCUT2D eigenvalue weighted by Crippen LogP contribution is 2.12. The molecule has 100 valence electrons. The van der Waals surface area contributed by atoms with Crippen LogP contribution in [0.1, 0.15) is 47.7 Å². The van der Waals surface area contributed by atoms with Gasteiger partial charge in [0.25, 0.3) is 5.91 Å². The van der Waals surface area contributed by atoms with Gasteiger partial charge in [-0.25, -0.2) is 5.43 Å². The fourth-order valence-corrected chi connectivity index (χ4v) is 2.16. The first-order valence-electron chi connectivity index (χ1n) is 6.01. The van der Waals surface area contributed by atoms with Crippen molar-refractivity contribution in [3.63, 3.8) is 0 Å². The van der Waals surface area contributed by atoms with Gasteiger partial charge in [-0.15, -0.1) is 11.3 Å². The van der Waals surface area contributed by atoms with Crippen LogP contribution in [0, 0.1) is 0 Å². The topological polar surface area (TPSA) is 70.1 Å². The lowest BCUT2D eigenvalue weighted by Crippen LogP contribution is -2.19. The molecule has 0 unspecified atom stereocenters. The van der Waals surface area contributed by atoms with E-state index >= 15 is 0 Å². The number of rotatable bonds is 4. The van der Waals surface area contributed by atoms with Crippen molar-refractivity contribution in [3.05, 3.63) is 39.8 Å². The zero-order valence-electron chi connectivity index (χ0n) is 11.1. The molecule has 0 aromatic carbocycles. The van der Waals surface area contributed by atoms with Gasteiger partial charge in [0.15, 0.2) is 5.69 Å². The van der Waals surface area contributed by atoms with E-state index in [0.717, 1.165) is 16.3 Å². The summed E-state index contributed by atoms with van der Waals surface area (Å²) in [5, 5.41) is 12.9. The molecule has 0 bridgehead atoms. The second-order valence-electron chi connectivity index (χ2n) is 4.48. The molecule has 0 saturated carbocycles. The smallest absolute Gasteiger partial charge is 0.282 e. The Morgan fingerprint density at radius 1 is 1.53 bits per heavy atom. The number of carbonyl (C=O) groups is 1. The van der Waals surface area contributed by atoms with Gasteiger partial charge in [0.2, 0.25) is 0 Å². The molecule has 2 N–H and O–H groups in total. The quantitative estimate of drug-likeness (QED) is 0.666. The van der Waals surface area contributed by atoms with Crippen LogP contribution in [0.25, 0.3) is 0 Å². The average Bonchev–Trinajstić information content (AvgIpc) is 3.05. The van der Waals surface area contributed by atoms with E-state index < -0.39 is 0 Å². The summed E-state index contributed by atoms with van der Waals surface area (Å²) >= 11 is 1.58. The molecule has 2 aromatic heterocycles. The van der Waals surface area contributed by atoms with Crippen LogP contribution in [0.4, 0.5) is 0 Å². The summed E-state index contributed by atoms with van der Waals surface area (Å²) in [5.74, 6) is 0.00413. The fourth-order valence-electron chi connectivity index (χ4n) is 1.48. The largest absolute Gasteiger partial charge is 0.291 e. The normalized spacial score (nSPS) is 11.9. The molecule has 2 heterocycles. The summed E-state index contributed by atoms with van der Waals surface area (Å²) in [5.41, 5.74) is 4.58. The lowest BCUT2D eigenvalue weighted by molar-refractivity contribution is 0.0950. The molecular formula is C13H16N4OS. The van der Waals surface area contributed by atoms with E-state index in [1.807, 2.05) is 38.3 Å². The van der Waals surface area contributed by atoms with E-state index in [9.17, 15) is 4.79 Å². The van der Waals surface area contributed by atoms with E-state index in [4.69, 9.17) is 0 Å². The first-order chi connectivity index (χ1) is 9.08. The number of hydrogen-bond acceptors (Lipinski definition) is 4. The molecule has 0 aliphatic carbocycles. The van der Waals surface area contributed by atoms with E-state index in [-0.39, 0.29) is 5.91 Å². The van der Waals surface area contributed by atoms with Crippen LogP contribution in [0.3, 0.4) is 0 Å². The summed E-state index contributed by atoms with van der Waals surface area (Å²) in [6.07, 6.45) is 0. The third-order valence-electron chi connectivity index (χ3n) is 2.66. The van der Waals surface area contributed by atoms with Gasteiger partial charge in [-0.3, -0.25) is 9.89 Å². The Morgan fingerprint density at radius 3 is 2.89 bits per heavy atom. The van der Waals surface area contributed by atoms with Crippen LogP contribution in [0.15, 0.2) is 28.7 Å². The highest BCUT2D eigenvalue weighted by atomic mass is 32.1. The third-order valence-corrected chi connectivity index (χ3v) is 3.63. The molecule has 0 atom stereocenters. The molecule has 2 rings (SSSR count). The zero-order chi connectivity index (χ0) is 13.8. The highest BCUT2D eigenvalue weighted by molar-refractivity contribution is 7.12. The number of nitrogens with zero attached hydrogens (tertiary/aromatic N) is 2. The standard InChI is InChI=1S/C13H16N4OS/c1-8(2)10-7-11(16-15-10)13(18)17-14-9(3)12-5-4-6-19-12/h4-8H,1-3H3,(H,15,16)(H,17,18)/b14-9+. The first kappa shape index (κ1) is 13.5. The monoisotopic (exact) mass is 276 g/mol.